The molecule has 0 aromatic heterocycles. The summed E-state index contributed by atoms with van der Waals surface area (Å²) in [5.74, 6) is 0. The Hall–Kier alpha value is -0.0400. The van der Waals surface area contributed by atoms with E-state index < -0.39 is 0 Å². The van der Waals surface area contributed by atoms with Gasteiger partial charge in [0, 0.05) is 0 Å². The van der Waals surface area contributed by atoms with Gasteiger partial charge in [-0.05, 0) is 19.5 Å². The Labute approximate surface area is 66.2 Å². The van der Waals surface area contributed by atoms with Crippen molar-refractivity contribution in [3.63, 3.8) is 0 Å². The number of rotatable bonds is 6. The van der Waals surface area contributed by atoms with Gasteiger partial charge in [-0.1, -0.05) is 40.5 Å². The molecule has 0 atom stereocenters. The minimum Gasteiger partial charge on any atom is -0.317 e. The summed E-state index contributed by atoms with van der Waals surface area (Å²) < 4.78 is 0. The second-order valence-corrected chi connectivity index (χ2v) is 2.41. The van der Waals surface area contributed by atoms with Crippen LogP contribution in [0.3, 0.4) is 0 Å². The second-order valence-electron chi connectivity index (χ2n) is 2.41. The molecule has 0 spiro atoms. The van der Waals surface area contributed by atoms with E-state index in [-0.39, 0.29) is 7.43 Å². The maximum absolute atomic E-state index is 3.31. The molecule has 10 heavy (non-hydrogen) atoms. The van der Waals surface area contributed by atoms with Crippen molar-refractivity contribution in [2.75, 3.05) is 13.1 Å². The Morgan fingerprint density at radius 2 is 1.70 bits per heavy atom. The third-order valence-corrected chi connectivity index (χ3v) is 1.46. The molecule has 0 rings (SSSR count). The number of hydrogen-bond donors (Lipinski definition) is 1. The molecule has 0 saturated carbocycles. The Kier molecular flexibility index (Phi) is 14.8. The van der Waals surface area contributed by atoms with Crippen molar-refractivity contribution in [1.82, 2.24) is 5.32 Å². The van der Waals surface area contributed by atoms with Crippen molar-refractivity contribution in [1.29, 1.82) is 0 Å². The lowest BCUT2D eigenvalue weighted by molar-refractivity contribution is 0.611. The van der Waals surface area contributed by atoms with Gasteiger partial charge in [-0.3, -0.25) is 0 Å². The van der Waals surface area contributed by atoms with Gasteiger partial charge in [0.15, 0.2) is 0 Å². The average molecular weight is 145 g/mol. The third-order valence-electron chi connectivity index (χ3n) is 1.46. The van der Waals surface area contributed by atoms with Gasteiger partial charge in [0.1, 0.15) is 0 Å². The lowest BCUT2D eigenvalue weighted by Crippen LogP contribution is -2.13. The van der Waals surface area contributed by atoms with E-state index in [1.165, 1.54) is 32.2 Å². The van der Waals surface area contributed by atoms with E-state index in [9.17, 15) is 0 Å². The van der Waals surface area contributed by atoms with E-state index in [4.69, 9.17) is 0 Å². The summed E-state index contributed by atoms with van der Waals surface area (Å²) in [6.07, 6.45) is 5.47. The van der Waals surface area contributed by atoms with E-state index in [0.29, 0.717) is 0 Å². The zero-order valence-electron chi connectivity index (χ0n) is 6.74. The predicted octanol–water partition coefficient (Wildman–Crippen LogP) is 2.81. The molecule has 0 unspecified atom stereocenters. The molecule has 0 aromatic rings. The minimum atomic E-state index is 0. The standard InChI is InChI=1S/C8H19N.CH4/c1-3-5-6-7-8-9-4-2;/h9H,3-8H2,1-2H3;1H4. The van der Waals surface area contributed by atoms with E-state index in [2.05, 4.69) is 19.2 Å². The SMILES string of the molecule is C.CCCCCCNCC. The fourth-order valence-electron chi connectivity index (χ4n) is 0.854. The molecule has 0 aromatic carbocycles. The van der Waals surface area contributed by atoms with Crippen molar-refractivity contribution in [3.05, 3.63) is 0 Å². The van der Waals surface area contributed by atoms with Crippen molar-refractivity contribution in [2.24, 2.45) is 0 Å². The average Bonchev–Trinajstić information content (AvgIpc) is 1.89. The zero-order chi connectivity index (χ0) is 6.95. The van der Waals surface area contributed by atoms with Gasteiger partial charge in [-0.2, -0.15) is 0 Å². The minimum absolute atomic E-state index is 0. The van der Waals surface area contributed by atoms with Crippen LogP contribution in [-0.2, 0) is 0 Å². The zero-order valence-corrected chi connectivity index (χ0v) is 6.74. The van der Waals surface area contributed by atoms with Crippen LogP contribution in [0.15, 0.2) is 0 Å². The Morgan fingerprint density at radius 3 is 2.20 bits per heavy atom. The van der Waals surface area contributed by atoms with Crippen LogP contribution in [0.5, 0.6) is 0 Å². The monoisotopic (exact) mass is 145 g/mol. The highest BCUT2D eigenvalue weighted by atomic mass is 14.8. The molecule has 0 aliphatic rings. The molecule has 0 aliphatic carbocycles. The first kappa shape index (κ1) is 12.6. The summed E-state index contributed by atoms with van der Waals surface area (Å²) in [6.45, 7) is 6.72. The van der Waals surface area contributed by atoms with Gasteiger partial charge in [0.2, 0.25) is 0 Å². The first-order chi connectivity index (χ1) is 4.41. The number of hydrogen-bond acceptors (Lipinski definition) is 1. The van der Waals surface area contributed by atoms with Crippen LogP contribution < -0.4 is 5.32 Å². The normalized spacial score (nSPS) is 9.00. The molecule has 0 bridgehead atoms. The fraction of sp³-hybridized carbons (Fsp3) is 1.00. The molecule has 1 nitrogen and oxygen atoms in total. The Balaban J connectivity index is 0. The summed E-state index contributed by atoms with van der Waals surface area (Å²) in [4.78, 5) is 0. The lowest BCUT2D eigenvalue weighted by Gasteiger charge is -1.98. The second kappa shape index (κ2) is 11.7. The van der Waals surface area contributed by atoms with Crippen molar-refractivity contribution in [3.8, 4) is 0 Å². The van der Waals surface area contributed by atoms with Crippen LogP contribution in [0, 0.1) is 0 Å². The topological polar surface area (TPSA) is 12.0 Å². The smallest absolute Gasteiger partial charge is 0.00490 e. The summed E-state index contributed by atoms with van der Waals surface area (Å²) >= 11 is 0. The van der Waals surface area contributed by atoms with E-state index in [1.807, 2.05) is 0 Å². The van der Waals surface area contributed by atoms with Crippen LogP contribution in [0.25, 0.3) is 0 Å². The van der Waals surface area contributed by atoms with Crippen LogP contribution in [0.2, 0.25) is 0 Å². The highest BCUT2D eigenvalue weighted by Crippen LogP contribution is 1.96. The summed E-state index contributed by atoms with van der Waals surface area (Å²) in [6, 6.07) is 0. The lowest BCUT2D eigenvalue weighted by atomic mass is 10.2. The van der Waals surface area contributed by atoms with Gasteiger partial charge in [-0.25, -0.2) is 0 Å². The molecule has 0 fully saturated rings. The van der Waals surface area contributed by atoms with Gasteiger partial charge in [0.25, 0.3) is 0 Å². The predicted molar refractivity (Wildman–Crippen MR) is 49.4 cm³/mol. The van der Waals surface area contributed by atoms with E-state index in [1.54, 1.807) is 0 Å². The molecule has 0 aliphatic heterocycles. The first-order valence-electron chi connectivity index (χ1n) is 4.12. The van der Waals surface area contributed by atoms with Crippen LogP contribution in [-0.4, -0.2) is 13.1 Å². The number of unbranched alkanes of at least 4 members (excludes halogenated alkanes) is 3. The molecule has 1 N–H and O–H groups in total. The van der Waals surface area contributed by atoms with Crippen molar-refractivity contribution in [2.45, 2.75) is 47.0 Å². The molecule has 0 saturated heterocycles. The molecular formula is C9H23N. The highest BCUT2D eigenvalue weighted by Gasteiger charge is 1.84. The molecule has 0 heterocycles. The van der Waals surface area contributed by atoms with E-state index in [0.717, 1.165) is 6.54 Å². The molecular weight excluding hydrogens is 122 g/mol. The Bertz CT molecular complexity index is 38.0. The number of nitrogens with one attached hydrogen (secondary N) is 1. The third kappa shape index (κ3) is 10.9. The van der Waals surface area contributed by atoms with Gasteiger partial charge < -0.3 is 5.32 Å². The molecule has 0 amide bonds. The van der Waals surface area contributed by atoms with E-state index >= 15 is 0 Å². The molecule has 0 radical (unpaired) electrons. The van der Waals surface area contributed by atoms with Crippen LogP contribution in [0.4, 0.5) is 0 Å². The van der Waals surface area contributed by atoms with Crippen molar-refractivity contribution < 1.29 is 0 Å². The molecule has 1 heteroatoms. The summed E-state index contributed by atoms with van der Waals surface area (Å²) in [5.41, 5.74) is 0. The van der Waals surface area contributed by atoms with Gasteiger partial charge in [-0.15, -0.1) is 0 Å². The van der Waals surface area contributed by atoms with Gasteiger partial charge in [0.05, 0.1) is 0 Å². The highest BCUT2D eigenvalue weighted by molar-refractivity contribution is 4.44. The van der Waals surface area contributed by atoms with Crippen LogP contribution >= 0.6 is 0 Å². The fourth-order valence-corrected chi connectivity index (χ4v) is 0.854. The maximum Gasteiger partial charge on any atom is -0.00490 e. The van der Waals surface area contributed by atoms with Gasteiger partial charge >= 0.3 is 0 Å². The van der Waals surface area contributed by atoms with Crippen molar-refractivity contribution >= 4 is 0 Å². The summed E-state index contributed by atoms with van der Waals surface area (Å²) in [5, 5.41) is 3.31. The maximum atomic E-state index is 3.31. The molecule has 64 valence electrons. The largest absolute Gasteiger partial charge is 0.317 e. The quantitative estimate of drug-likeness (QED) is 0.567. The summed E-state index contributed by atoms with van der Waals surface area (Å²) in [7, 11) is 0. The Morgan fingerprint density at radius 1 is 1.00 bits per heavy atom. The first-order valence-corrected chi connectivity index (χ1v) is 4.12. The van der Waals surface area contributed by atoms with Crippen LogP contribution in [0.1, 0.15) is 47.0 Å².